The fourth-order valence-electron chi connectivity index (χ4n) is 5.46. The standard InChI is InChI=1S/C27H36N2O/c1-19-16-22(17-20(2)25(19)28-24(30)18-26(3,4)5)29-14-12-27(13-15-29)11-10-21-8-6-7-9-23(21)27/h6-9,16-17H,10-15,18H2,1-5H3,(H,28,30). The van der Waals surface area contributed by atoms with Gasteiger partial charge in [0.2, 0.25) is 5.91 Å². The summed E-state index contributed by atoms with van der Waals surface area (Å²) in [6, 6.07) is 13.6. The molecule has 1 spiro atoms. The highest BCUT2D eigenvalue weighted by Crippen LogP contribution is 2.46. The van der Waals surface area contributed by atoms with Gasteiger partial charge in [0.25, 0.3) is 0 Å². The molecule has 0 unspecified atom stereocenters. The van der Waals surface area contributed by atoms with Crippen molar-refractivity contribution in [2.45, 2.75) is 72.1 Å². The van der Waals surface area contributed by atoms with E-state index in [0.717, 1.165) is 29.9 Å². The summed E-state index contributed by atoms with van der Waals surface area (Å²) in [4.78, 5) is 15.0. The second kappa shape index (κ2) is 7.76. The van der Waals surface area contributed by atoms with Crippen LogP contribution in [0.15, 0.2) is 36.4 Å². The minimum absolute atomic E-state index is 0.00551. The normalized spacial score (nSPS) is 17.8. The van der Waals surface area contributed by atoms with Crippen molar-refractivity contribution in [3.63, 3.8) is 0 Å². The fourth-order valence-corrected chi connectivity index (χ4v) is 5.46. The zero-order valence-electron chi connectivity index (χ0n) is 19.3. The van der Waals surface area contributed by atoms with Gasteiger partial charge in [-0.15, -0.1) is 0 Å². The summed E-state index contributed by atoms with van der Waals surface area (Å²) in [7, 11) is 0. The van der Waals surface area contributed by atoms with Crippen molar-refractivity contribution < 1.29 is 4.79 Å². The first-order chi connectivity index (χ1) is 14.2. The molecular weight excluding hydrogens is 368 g/mol. The maximum Gasteiger partial charge on any atom is 0.224 e. The van der Waals surface area contributed by atoms with E-state index in [4.69, 9.17) is 0 Å². The fraction of sp³-hybridized carbons (Fsp3) is 0.519. The molecule has 160 valence electrons. The van der Waals surface area contributed by atoms with Crippen molar-refractivity contribution >= 4 is 17.3 Å². The molecule has 2 aromatic rings. The Labute approximate surface area is 181 Å². The Bertz CT molecular complexity index is 923. The van der Waals surface area contributed by atoms with Gasteiger partial charge in [-0.25, -0.2) is 0 Å². The van der Waals surface area contributed by atoms with Crippen LogP contribution in [0.3, 0.4) is 0 Å². The molecule has 2 aliphatic rings. The van der Waals surface area contributed by atoms with E-state index >= 15 is 0 Å². The van der Waals surface area contributed by atoms with Crippen LogP contribution < -0.4 is 10.2 Å². The molecule has 1 fully saturated rings. The van der Waals surface area contributed by atoms with E-state index in [0.29, 0.717) is 11.8 Å². The topological polar surface area (TPSA) is 32.3 Å². The number of piperidine rings is 1. The van der Waals surface area contributed by atoms with Crippen molar-refractivity contribution in [1.82, 2.24) is 0 Å². The number of amides is 1. The number of nitrogens with one attached hydrogen (secondary N) is 1. The molecule has 1 amide bonds. The lowest BCUT2D eigenvalue weighted by molar-refractivity contribution is -0.117. The van der Waals surface area contributed by atoms with Crippen LogP contribution in [-0.4, -0.2) is 19.0 Å². The zero-order valence-corrected chi connectivity index (χ0v) is 19.3. The Balaban J connectivity index is 1.47. The molecule has 0 radical (unpaired) electrons. The predicted molar refractivity (Wildman–Crippen MR) is 127 cm³/mol. The van der Waals surface area contributed by atoms with Crippen LogP contribution >= 0.6 is 0 Å². The Morgan fingerprint density at radius 2 is 1.67 bits per heavy atom. The first kappa shape index (κ1) is 21.0. The molecule has 2 aromatic carbocycles. The summed E-state index contributed by atoms with van der Waals surface area (Å²) >= 11 is 0. The number of fused-ring (bicyclic) bond motifs is 2. The number of carbonyl (C=O) groups is 1. The highest BCUT2D eigenvalue weighted by atomic mass is 16.1. The molecule has 1 aliphatic heterocycles. The van der Waals surface area contributed by atoms with Crippen molar-refractivity contribution in [2.24, 2.45) is 5.41 Å². The van der Waals surface area contributed by atoms with E-state index in [9.17, 15) is 4.79 Å². The summed E-state index contributed by atoms with van der Waals surface area (Å²) in [6.45, 7) is 12.7. The quantitative estimate of drug-likeness (QED) is 0.664. The van der Waals surface area contributed by atoms with Crippen LogP contribution in [0.5, 0.6) is 0 Å². The predicted octanol–water partition coefficient (Wildman–Crippen LogP) is 6.16. The average Bonchev–Trinajstić information content (AvgIpc) is 3.02. The van der Waals surface area contributed by atoms with Gasteiger partial charge in [0.1, 0.15) is 0 Å². The third-order valence-electron chi connectivity index (χ3n) is 7.02. The molecule has 3 heteroatoms. The van der Waals surface area contributed by atoms with Crippen LogP contribution in [0.4, 0.5) is 11.4 Å². The Hall–Kier alpha value is -2.29. The first-order valence-electron chi connectivity index (χ1n) is 11.4. The molecule has 1 N–H and O–H groups in total. The first-order valence-corrected chi connectivity index (χ1v) is 11.4. The van der Waals surface area contributed by atoms with E-state index in [2.05, 4.69) is 81.2 Å². The molecule has 1 aliphatic carbocycles. The van der Waals surface area contributed by atoms with E-state index in [-0.39, 0.29) is 11.3 Å². The number of aryl methyl sites for hydroxylation is 3. The van der Waals surface area contributed by atoms with Gasteiger partial charge < -0.3 is 10.2 Å². The van der Waals surface area contributed by atoms with Crippen LogP contribution in [0, 0.1) is 19.3 Å². The molecule has 0 aromatic heterocycles. The summed E-state index contributed by atoms with van der Waals surface area (Å²) in [5, 5.41) is 3.16. The number of hydrogen-bond acceptors (Lipinski definition) is 2. The number of carbonyl (C=O) groups excluding carboxylic acids is 1. The maximum absolute atomic E-state index is 12.4. The summed E-state index contributed by atoms with van der Waals surface area (Å²) in [6.07, 6.45) is 5.52. The van der Waals surface area contributed by atoms with Gasteiger partial charge in [0, 0.05) is 30.9 Å². The van der Waals surface area contributed by atoms with Crippen molar-refractivity contribution in [3.05, 3.63) is 58.7 Å². The third-order valence-corrected chi connectivity index (χ3v) is 7.02. The monoisotopic (exact) mass is 404 g/mol. The van der Waals surface area contributed by atoms with E-state index in [1.165, 1.54) is 31.4 Å². The van der Waals surface area contributed by atoms with Gasteiger partial charge in [0.15, 0.2) is 0 Å². The molecule has 1 heterocycles. The smallest absolute Gasteiger partial charge is 0.224 e. The second-order valence-electron chi connectivity index (χ2n) is 10.7. The van der Waals surface area contributed by atoms with Gasteiger partial charge in [0.05, 0.1) is 0 Å². The van der Waals surface area contributed by atoms with Gasteiger partial charge >= 0.3 is 0 Å². The van der Waals surface area contributed by atoms with Gasteiger partial charge in [-0.1, -0.05) is 45.0 Å². The largest absolute Gasteiger partial charge is 0.371 e. The maximum atomic E-state index is 12.4. The molecule has 0 saturated carbocycles. The Kier molecular flexibility index (Phi) is 5.42. The van der Waals surface area contributed by atoms with Crippen LogP contribution in [-0.2, 0) is 16.6 Å². The Morgan fingerprint density at radius 1 is 1.03 bits per heavy atom. The molecule has 0 atom stereocenters. The lowest BCUT2D eigenvalue weighted by atomic mass is 9.74. The van der Waals surface area contributed by atoms with Crippen molar-refractivity contribution in [3.8, 4) is 0 Å². The number of rotatable bonds is 3. The second-order valence-corrected chi connectivity index (χ2v) is 10.7. The summed E-state index contributed by atoms with van der Waals surface area (Å²) < 4.78 is 0. The molecule has 0 bridgehead atoms. The summed E-state index contributed by atoms with van der Waals surface area (Å²) in [5.41, 5.74) is 8.12. The molecule has 4 rings (SSSR count). The van der Waals surface area contributed by atoms with E-state index < -0.39 is 0 Å². The Morgan fingerprint density at radius 3 is 2.30 bits per heavy atom. The van der Waals surface area contributed by atoms with Gasteiger partial charge in [-0.05, 0) is 84.7 Å². The number of anilines is 2. The minimum atomic E-state index is -0.00551. The highest BCUT2D eigenvalue weighted by Gasteiger charge is 2.40. The molecule has 3 nitrogen and oxygen atoms in total. The van der Waals surface area contributed by atoms with Crippen LogP contribution in [0.25, 0.3) is 0 Å². The lowest BCUT2D eigenvalue weighted by Crippen LogP contribution is -2.41. The lowest BCUT2D eigenvalue weighted by Gasteiger charge is -2.41. The summed E-state index contributed by atoms with van der Waals surface area (Å²) in [5.74, 6) is 0.0984. The van der Waals surface area contributed by atoms with Gasteiger partial charge in [-0.2, -0.15) is 0 Å². The van der Waals surface area contributed by atoms with Crippen molar-refractivity contribution in [1.29, 1.82) is 0 Å². The molecule has 1 saturated heterocycles. The van der Waals surface area contributed by atoms with E-state index in [1.807, 2.05) is 0 Å². The number of nitrogens with zero attached hydrogens (tertiary/aromatic N) is 1. The minimum Gasteiger partial charge on any atom is -0.371 e. The number of benzene rings is 2. The van der Waals surface area contributed by atoms with Gasteiger partial charge in [-0.3, -0.25) is 4.79 Å². The third kappa shape index (κ3) is 4.12. The molecule has 30 heavy (non-hydrogen) atoms. The average molecular weight is 405 g/mol. The number of hydrogen-bond donors (Lipinski definition) is 1. The van der Waals surface area contributed by atoms with E-state index in [1.54, 1.807) is 11.1 Å². The highest BCUT2D eigenvalue weighted by molar-refractivity contribution is 5.93. The van der Waals surface area contributed by atoms with Crippen molar-refractivity contribution in [2.75, 3.05) is 23.3 Å². The molecular formula is C27H36N2O. The van der Waals surface area contributed by atoms with Crippen LogP contribution in [0.2, 0.25) is 0 Å². The zero-order chi connectivity index (χ0) is 21.5. The SMILES string of the molecule is Cc1cc(N2CCC3(CCc4ccccc43)CC2)cc(C)c1NC(=O)CC(C)(C)C. The van der Waals surface area contributed by atoms with Crippen LogP contribution in [0.1, 0.15) is 68.7 Å².